The van der Waals surface area contributed by atoms with Gasteiger partial charge in [-0.15, -0.1) is 0 Å². The molecule has 0 atom stereocenters. The second-order valence-electron chi connectivity index (χ2n) is 1.15. The Hall–Kier alpha value is -0.210. The Morgan fingerprint density at radius 1 is 1.10 bits per heavy atom. The van der Waals surface area contributed by atoms with Gasteiger partial charge in [-0.25, -0.2) is 0 Å². The molecule has 0 aromatic carbocycles. The molecule has 0 rings (SSSR count). The molecule has 6 nitrogen and oxygen atoms in total. The lowest BCUT2D eigenvalue weighted by Crippen LogP contribution is -1.89. The van der Waals surface area contributed by atoms with Crippen molar-refractivity contribution in [2.24, 2.45) is 0 Å². The Kier molecular flexibility index (Phi) is 26.1. The highest BCUT2D eigenvalue weighted by Gasteiger charge is 1.84. The average molecular weight is 178 g/mol. The summed E-state index contributed by atoms with van der Waals surface area (Å²) in [6, 6.07) is 0. The highest BCUT2D eigenvalue weighted by atomic mass is 32.3. The van der Waals surface area contributed by atoms with Crippen molar-refractivity contribution in [3.05, 3.63) is 0 Å². The van der Waals surface area contributed by atoms with Gasteiger partial charge >= 0.3 is 10.4 Å². The van der Waals surface area contributed by atoms with Crippen molar-refractivity contribution < 1.29 is 28.5 Å². The molecule has 0 spiro atoms. The van der Waals surface area contributed by atoms with Gasteiger partial charge in [-0.3, -0.25) is 9.11 Å². The fourth-order valence-electron chi connectivity index (χ4n) is 0. The molecule has 0 aliphatic rings. The molecular formula is C3H14O6S. The predicted octanol–water partition coefficient (Wildman–Crippen LogP) is -0.886. The molecule has 10 heavy (non-hydrogen) atoms. The van der Waals surface area contributed by atoms with Crippen LogP contribution in [-0.4, -0.2) is 28.5 Å². The smallest absolute Gasteiger partial charge is 0.394 e. The number of hydrogen-bond acceptors (Lipinski definition) is 2. The van der Waals surface area contributed by atoms with Gasteiger partial charge in [0.05, 0.1) is 0 Å². The van der Waals surface area contributed by atoms with E-state index in [1.807, 2.05) is 0 Å². The van der Waals surface area contributed by atoms with Crippen LogP contribution in [0.25, 0.3) is 0 Å². The van der Waals surface area contributed by atoms with Crippen molar-refractivity contribution in [2.75, 3.05) is 0 Å². The van der Waals surface area contributed by atoms with E-state index in [1.165, 1.54) is 6.42 Å². The fourth-order valence-corrected chi connectivity index (χ4v) is 0. The summed E-state index contributed by atoms with van der Waals surface area (Å²) in [7, 11) is -4.67. The molecule has 0 unspecified atom stereocenters. The molecule has 0 amide bonds. The SMILES string of the molecule is CCC.O.O.O=S(=O)(O)O. The molecule has 0 aromatic heterocycles. The van der Waals surface area contributed by atoms with Crippen LogP contribution in [0.15, 0.2) is 0 Å². The summed E-state index contributed by atoms with van der Waals surface area (Å²) in [6.07, 6.45) is 1.25. The van der Waals surface area contributed by atoms with Crippen LogP contribution in [0.1, 0.15) is 20.3 Å². The largest absolute Gasteiger partial charge is 0.412 e. The van der Waals surface area contributed by atoms with E-state index in [2.05, 4.69) is 13.8 Å². The zero-order valence-corrected chi connectivity index (χ0v) is 6.64. The highest BCUT2D eigenvalue weighted by molar-refractivity contribution is 7.79. The number of hydrogen-bond donors (Lipinski definition) is 2. The molecule has 7 heteroatoms. The summed E-state index contributed by atoms with van der Waals surface area (Å²) >= 11 is 0. The summed E-state index contributed by atoms with van der Waals surface area (Å²) < 4.78 is 31.6. The van der Waals surface area contributed by atoms with Crippen LogP contribution >= 0.6 is 0 Å². The quantitative estimate of drug-likeness (QED) is 0.465. The number of rotatable bonds is 0. The van der Waals surface area contributed by atoms with Crippen molar-refractivity contribution in [1.82, 2.24) is 0 Å². The molecule has 0 aliphatic heterocycles. The first-order chi connectivity index (χ1) is 3.41. The lowest BCUT2D eigenvalue weighted by Gasteiger charge is -1.68. The Morgan fingerprint density at radius 2 is 1.10 bits per heavy atom. The molecule has 0 aromatic rings. The van der Waals surface area contributed by atoms with Gasteiger partial charge in [-0.1, -0.05) is 20.3 Å². The third-order valence-corrected chi connectivity index (χ3v) is 0. The first kappa shape index (κ1) is 22.6. The van der Waals surface area contributed by atoms with Crippen LogP contribution in [-0.2, 0) is 10.4 Å². The first-order valence-electron chi connectivity index (χ1n) is 2.11. The van der Waals surface area contributed by atoms with Crippen molar-refractivity contribution in [1.29, 1.82) is 0 Å². The fraction of sp³-hybridized carbons (Fsp3) is 1.00. The molecule has 6 N–H and O–H groups in total. The monoisotopic (exact) mass is 178 g/mol. The van der Waals surface area contributed by atoms with Crippen LogP contribution < -0.4 is 0 Å². The van der Waals surface area contributed by atoms with E-state index >= 15 is 0 Å². The molecule has 0 bridgehead atoms. The van der Waals surface area contributed by atoms with E-state index in [-0.39, 0.29) is 11.0 Å². The molecule has 0 heterocycles. The summed E-state index contributed by atoms with van der Waals surface area (Å²) in [5.74, 6) is 0. The molecule has 68 valence electrons. The third-order valence-electron chi connectivity index (χ3n) is 0. The zero-order valence-electron chi connectivity index (χ0n) is 5.83. The van der Waals surface area contributed by atoms with Crippen molar-refractivity contribution in [3.63, 3.8) is 0 Å². The van der Waals surface area contributed by atoms with Gasteiger partial charge in [0.25, 0.3) is 0 Å². The summed E-state index contributed by atoms with van der Waals surface area (Å²) in [6.45, 7) is 4.25. The van der Waals surface area contributed by atoms with E-state index in [0.717, 1.165) is 0 Å². The molecule has 0 saturated carbocycles. The van der Waals surface area contributed by atoms with E-state index in [0.29, 0.717) is 0 Å². The normalized spacial score (nSPS) is 7.60. The van der Waals surface area contributed by atoms with E-state index < -0.39 is 10.4 Å². The van der Waals surface area contributed by atoms with E-state index in [9.17, 15) is 0 Å². The Balaban J connectivity index is -0.0000000326. The lowest BCUT2D eigenvalue weighted by atomic mass is 10.6. The summed E-state index contributed by atoms with van der Waals surface area (Å²) in [4.78, 5) is 0. The average Bonchev–Trinajstić information content (AvgIpc) is 1.27. The molecule has 0 fully saturated rings. The maximum Gasteiger partial charge on any atom is 0.394 e. The minimum Gasteiger partial charge on any atom is -0.412 e. The van der Waals surface area contributed by atoms with Gasteiger partial charge < -0.3 is 11.0 Å². The van der Waals surface area contributed by atoms with Crippen LogP contribution in [0.4, 0.5) is 0 Å². The topological polar surface area (TPSA) is 138 Å². The predicted molar refractivity (Wildman–Crippen MR) is 37.4 cm³/mol. The maximum absolute atomic E-state index is 8.74. The maximum atomic E-state index is 8.74. The van der Waals surface area contributed by atoms with Crippen LogP contribution in [0.2, 0.25) is 0 Å². The van der Waals surface area contributed by atoms with Gasteiger partial charge in [0.2, 0.25) is 0 Å². The lowest BCUT2D eigenvalue weighted by molar-refractivity contribution is 0.381. The standard InChI is InChI=1S/C3H8.H2O4S.2H2O/c1-3-2;1-5(2,3)4;;/h3H2,1-2H3;(H2,1,2,3,4);2*1H2. The van der Waals surface area contributed by atoms with E-state index in [4.69, 9.17) is 17.5 Å². The Labute approximate surface area is 60.1 Å². The molecule has 0 aliphatic carbocycles. The van der Waals surface area contributed by atoms with Crippen LogP contribution in [0.3, 0.4) is 0 Å². The third kappa shape index (κ3) is 8140. The highest BCUT2D eigenvalue weighted by Crippen LogP contribution is 1.59. The van der Waals surface area contributed by atoms with Gasteiger partial charge in [0, 0.05) is 0 Å². The summed E-state index contributed by atoms with van der Waals surface area (Å²) in [5, 5.41) is 0. The van der Waals surface area contributed by atoms with Gasteiger partial charge in [-0.05, 0) is 0 Å². The molecule has 0 saturated heterocycles. The van der Waals surface area contributed by atoms with Crippen LogP contribution in [0, 0.1) is 0 Å². The van der Waals surface area contributed by atoms with Crippen molar-refractivity contribution in [2.45, 2.75) is 20.3 Å². The minimum absolute atomic E-state index is 0. The first-order valence-corrected chi connectivity index (χ1v) is 3.51. The van der Waals surface area contributed by atoms with Gasteiger partial charge in [-0.2, -0.15) is 8.42 Å². The molecular weight excluding hydrogens is 164 g/mol. The van der Waals surface area contributed by atoms with Crippen molar-refractivity contribution in [3.8, 4) is 0 Å². The Morgan fingerprint density at radius 3 is 1.10 bits per heavy atom. The molecule has 0 radical (unpaired) electrons. The van der Waals surface area contributed by atoms with Gasteiger partial charge in [0.15, 0.2) is 0 Å². The summed E-state index contributed by atoms with van der Waals surface area (Å²) in [5.41, 5.74) is 0. The van der Waals surface area contributed by atoms with Crippen LogP contribution in [0.5, 0.6) is 0 Å². The van der Waals surface area contributed by atoms with Gasteiger partial charge in [0.1, 0.15) is 0 Å². The zero-order chi connectivity index (χ0) is 7.21. The second-order valence-corrected chi connectivity index (χ2v) is 2.05. The van der Waals surface area contributed by atoms with Crippen molar-refractivity contribution >= 4 is 10.4 Å². The Bertz CT molecular complexity index is 107. The van der Waals surface area contributed by atoms with E-state index in [1.54, 1.807) is 0 Å². The minimum atomic E-state index is -4.67. The second kappa shape index (κ2) is 11.6.